The molecule has 0 fully saturated rings. The number of nitrogens with zero attached hydrogens (tertiary/aromatic N) is 1. The van der Waals surface area contributed by atoms with Crippen molar-refractivity contribution in [2.45, 2.75) is 13.5 Å². The van der Waals surface area contributed by atoms with Crippen LogP contribution in [0.25, 0.3) is 10.2 Å². The SMILES string of the molecule is CCOC(=O)c1ccccc1NC(=O)c1cc2sccc2n1Cc1ccccc1. The van der Waals surface area contributed by atoms with E-state index >= 15 is 0 Å². The van der Waals surface area contributed by atoms with Crippen LogP contribution in [0.2, 0.25) is 0 Å². The van der Waals surface area contributed by atoms with Gasteiger partial charge in [-0.05, 0) is 42.1 Å². The minimum absolute atomic E-state index is 0.263. The summed E-state index contributed by atoms with van der Waals surface area (Å²) >= 11 is 1.60. The number of ether oxygens (including phenoxy) is 1. The molecule has 2 aromatic carbocycles. The molecule has 2 heterocycles. The van der Waals surface area contributed by atoms with Crippen LogP contribution in [0.15, 0.2) is 72.1 Å². The van der Waals surface area contributed by atoms with Crippen LogP contribution in [0.1, 0.15) is 33.3 Å². The number of fused-ring (bicyclic) bond motifs is 1. The van der Waals surface area contributed by atoms with Crippen molar-refractivity contribution in [3.8, 4) is 0 Å². The Labute approximate surface area is 172 Å². The molecule has 0 spiro atoms. The van der Waals surface area contributed by atoms with Crippen LogP contribution in [0.4, 0.5) is 5.69 Å². The van der Waals surface area contributed by atoms with Crippen molar-refractivity contribution in [3.05, 3.63) is 88.9 Å². The smallest absolute Gasteiger partial charge is 0.340 e. The number of carbonyl (C=O) groups is 2. The molecule has 2 aromatic heterocycles. The molecule has 0 radical (unpaired) electrons. The first-order chi connectivity index (χ1) is 14.2. The highest BCUT2D eigenvalue weighted by Gasteiger charge is 2.19. The molecule has 1 amide bonds. The molecule has 0 saturated carbocycles. The van der Waals surface area contributed by atoms with Crippen LogP contribution in [0.3, 0.4) is 0 Å². The van der Waals surface area contributed by atoms with Gasteiger partial charge >= 0.3 is 5.97 Å². The molecule has 146 valence electrons. The molecule has 5 nitrogen and oxygen atoms in total. The molecule has 0 atom stereocenters. The number of amides is 1. The Morgan fingerprint density at radius 1 is 1.03 bits per heavy atom. The van der Waals surface area contributed by atoms with E-state index in [9.17, 15) is 9.59 Å². The van der Waals surface area contributed by atoms with Gasteiger partial charge in [-0.25, -0.2) is 4.79 Å². The standard InChI is InChI=1S/C23H20N2O3S/c1-2-28-23(27)17-10-6-7-11-18(17)24-22(26)20-14-21-19(12-13-29-21)25(20)15-16-8-4-3-5-9-16/h3-14H,2,15H2,1H3,(H,24,26). The highest BCUT2D eigenvalue weighted by molar-refractivity contribution is 7.17. The van der Waals surface area contributed by atoms with Crippen molar-refractivity contribution >= 4 is 39.1 Å². The van der Waals surface area contributed by atoms with Gasteiger partial charge in [-0.15, -0.1) is 11.3 Å². The summed E-state index contributed by atoms with van der Waals surface area (Å²) in [7, 11) is 0. The molecule has 0 saturated heterocycles. The third-order valence-corrected chi connectivity index (χ3v) is 5.46. The molecule has 0 bridgehead atoms. The van der Waals surface area contributed by atoms with E-state index in [1.54, 1.807) is 42.5 Å². The monoisotopic (exact) mass is 404 g/mol. The predicted molar refractivity (Wildman–Crippen MR) is 116 cm³/mol. The molecular weight excluding hydrogens is 384 g/mol. The Morgan fingerprint density at radius 3 is 2.59 bits per heavy atom. The largest absolute Gasteiger partial charge is 0.462 e. The van der Waals surface area contributed by atoms with Gasteiger partial charge in [0.25, 0.3) is 5.91 Å². The minimum atomic E-state index is -0.455. The summed E-state index contributed by atoms with van der Waals surface area (Å²) in [5, 5.41) is 4.90. The molecule has 0 aliphatic carbocycles. The third-order valence-electron chi connectivity index (χ3n) is 4.61. The average Bonchev–Trinajstić information content (AvgIpc) is 3.32. The number of para-hydroxylation sites is 1. The Balaban J connectivity index is 1.67. The highest BCUT2D eigenvalue weighted by atomic mass is 32.1. The zero-order chi connectivity index (χ0) is 20.2. The first kappa shape index (κ1) is 19.0. The highest BCUT2D eigenvalue weighted by Crippen LogP contribution is 2.27. The fourth-order valence-electron chi connectivity index (χ4n) is 3.27. The van der Waals surface area contributed by atoms with Crippen molar-refractivity contribution in [1.29, 1.82) is 0 Å². The van der Waals surface area contributed by atoms with Crippen LogP contribution in [0, 0.1) is 0 Å². The van der Waals surface area contributed by atoms with Crippen LogP contribution in [-0.4, -0.2) is 23.1 Å². The molecular formula is C23H20N2O3S. The number of esters is 1. The molecule has 0 unspecified atom stereocenters. The topological polar surface area (TPSA) is 60.3 Å². The Bertz CT molecular complexity index is 1160. The zero-order valence-electron chi connectivity index (χ0n) is 15.9. The van der Waals surface area contributed by atoms with Crippen molar-refractivity contribution in [3.63, 3.8) is 0 Å². The second-order valence-corrected chi connectivity index (χ2v) is 7.44. The second-order valence-electron chi connectivity index (χ2n) is 6.49. The first-order valence-corrected chi connectivity index (χ1v) is 10.2. The van der Waals surface area contributed by atoms with Crippen LogP contribution >= 0.6 is 11.3 Å². The lowest BCUT2D eigenvalue weighted by Gasteiger charge is -2.13. The van der Waals surface area contributed by atoms with E-state index in [1.165, 1.54) is 0 Å². The number of carbonyl (C=O) groups excluding carboxylic acids is 2. The van der Waals surface area contributed by atoms with Gasteiger partial charge in [0.2, 0.25) is 0 Å². The average molecular weight is 404 g/mol. The quantitative estimate of drug-likeness (QED) is 0.451. The van der Waals surface area contributed by atoms with Gasteiger partial charge in [0.15, 0.2) is 0 Å². The summed E-state index contributed by atoms with van der Waals surface area (Å²) in [6, 6.07) is 20.8. The van der Waals surface area contributed by atoms with Gasteiger partial charge in [0, 0.05) is 6.54 Å². The van der Waals surface area contributed by atoms with Gasteiger partial charge in [0.1, 0.15) is 5.69 Å². The second kappa shape index (κ2) is 8.32. The Hall–Kier alpha value is -3.38. The van der Waals surface area contributed by atoms with Crippen LogP contribution in [0.5, 0.6) is 0 Å². The number of aromatic nitrogens is 1. The van der Waals surface area contributed by atoms with E-state index in [1.807, 2.05) is 52.4 Å². The molecule has 4 aromatic rings. The fraction of sp³-hybridized carbons (Fsp3) is 0.130. The van der Waals surface area contributed by atoms with Gasteiger partial charge in [-0.3, -0.25) is 4.79 Å². The lowest BCUT2D eigenvalue weighted by molar-refractivity contribution is 0.0527. The summed E-state index contributed by atoms with van der Waals surface area (Å²) in [5.41, 5.74) is 3.45. The van der Waals surface area contributed by atoms with E-state index in [4.69, 9.17) is 4.74 Å². The number of anilines is 1. The normalized spacial score (nSPS) is 10.8. The van der Waals surface area contributed by atoms with Gasteiger partial charge in [-0.2, -0.15) is 0 Å². The Morgan fingerprint density at radius 2 is 1.79 bits per heavy atom. The lowest BCUT2D eigenvalue weighted by Crippen LogP contribution is -2.19. The van der Waals surface area contributed by atoms with E-state index in [0.29, 0.717) is 23.5 Å². The summed E-state index contributed by atoms with van der Waals surface area (Å²) < 4.78 is 8.15. The van der Waals surface area contributed by atoms with Crippen LogP contribution in [-0.2, 0) is 11.3 Å². The first-order valence-electron chi connectivity index (χ1n) is 9.35. The summed E-state index contributed by atoms with van der Waals surface area (Å²) in [4.78, 5) is 25.4. The molecule has 0 aliphatic rings. The van der Waals surface area contributed by atoms with Crippen molar-refractivity contribution in [2.24, 2.45) is 0 Å². The van der Waals surface area contributed by atoms with Gasteiger partial charge in [0.05, 0.1) is 28.1 Å². The van der Waals surface area contributed by atoms with E-state index in [0.717, 1.165) is 15.8 Å². The maximum Gasteiger partial charge on any atom is 0.340 e. The number of rotatable bonds is 6. The molecule has 4 rings (SSSR count). The third kappa shape index (κ3) is 3.93. The number of hydrogen-bond acceptors (Lipinski definition) is 4. The van der Waals surface area contributed by atoms with Crippen molar-refractivity contribution < 1.29 is 14.3 Å². The maximum absolute atomic E-state index is 13.1. The number of hydrogen-bond donors (Lipinski definition) is 1. The van der Waals surface area contributed by atoms with E-state index < -0.39 is 5.97 Å². The van der Waals surface area contributed by atoms with Crippen molar-refractivity contribution in [2.75, 3.05) is 11.9 Å². The summed E-state index contributed by atoms with van der Waals surface area (Å²) in [6.07, 6.45) is 0. The number of thiophene rings is 1. The lowest BCUT2D eigenvalue weighted by atomic mass is 10.1. The Kier molecular flexibility index (Phi) is 5.44. The zero-order valence-corrected chi connectivity index (χ0v) is 16.7. The minimum Gasteiger partial charge on any atom is -0.462 e. The number of benzene rings is 2. The number of nitrogens with one attached hydrogen (secondary N) is 1. The van der Waals surface area contributed by atoms with Gasteiger partial charge in [-0.1, -0.05) is 42.5 Å². The fourth-order valence-corrected chi connectivity index (χ4v) is 4.09. The molecule has 6 heteroatoms. The van der Waals surface area contributed by atoms with Gasteiger partial charge < -0.3 is 14.6 Å². The van der Waals surface area contributed by atoms with E-state index in [-0.39, 0.29) is 12.5 Å². The molecule has 29 heavy (non-hydrogen) atoms. The maximum atomic E-state index is 13.1. The summed E-state index contributed by atoms with van der Waals surface area (Å²) in [6.45, 7) is 2.61. The summed E-state index contributed by atoms with van der Waals surface area (Å²) in [5.74, 6) is -0.717. The predicted octanol–water partition coefficient (Wildman–Crippen LogP) is 5.18. The molecule has 0 aliphatic heterocycles. The van der Waals surface area contributed by atoms with Crippen LogP contribution < -0.4 is 5.32 Å². The van der Waals surface area contributed by atoms with E-state index in [2.05, 4.69) is 5.32 Å². The molecule has 1 N–H and O–H groups in total. The van der Waals surface area contributed by atoms with Crippen molar-refractivity contribution in [1.82, 2.24) is 4.57 Å².